The van der Waals surface area contributed by atoms with Gasteiger partial charge in [0.25, 0.3) is 0 Å². The number of anilines is 1. The minimum absolute atomic E-state index is 0.0620. The quantitative estimate of drug-likeness (QED) is 0.580. The maximum absolute atomic E-state index is 12.3. The van der Waals surface area contributed by atoms with Crippen LogP contribution in [-0.2, 0) is 17.8 Å². The van der Waals surface area contributed by atoms with Crippen LogP contribution in [0.15, 0.2) is 47.5 Å². The van der Waals surface area contributed by atoms with Gasteiger partial charge in [-0.15, -0.1) is 0 Å². The molecule has 0 unspecified atom stereocenters. The second kappa shape index (κ2) is 9.82. The van der Waals surface area contributed by atoms with Crippen molar-refractivity contribution in [1.29, 1.82) is 0 Å². The van der Waals surface area contributed by atoms with E-state index < -0.39 is 0 Å². The Bertz CT molecular complexity index is 868. The predicted octanol–water partition coefficient (Wildman–Crippen LogP) is 2.67. The van der Waals surface area contributed by atoms with E-state index in [0.717, 1.165) is 42.7 Å². The summed E-state index contributed by atoms with van der Waals surface area (Å²) >= 11 is 0. The lowest BCUT2D eigenvalue weighted by Gasteiger charge is -2.32. The van der Waals surface area contributed by atoms with E-state index in [1.54, 1.807) is 14.2 Å². The molecule has 0 saturated carbocycles. The molecule has 1 amide bonds. The predicted molar refractivity (Wildman–Crippen MR) is 115 cm³/mol. The first-order valence-electron chi connectivity index (χ1n) is 9.76. The number of methoxy groups -OCH3 is 2. The van der Waals surface area contributed by atoms with Crippen molar-refractivity contribution in [3.8, 4) is 11.5 Å². The first kappa shape index (κ1) is 20.5. The molecule has 2 aromatic rings. The van der Waals surface area contributed by atoms with E-state index in [1.807, 2.05) is 49.4 Å². The summed E-state index contributed by atoms with van der Waals surface area (Å²) in [5, 5.41) is 6.16. The van der Waals surface area contributed by atoms with Crippen LogP contribution < -0.4 is 20.1 Å². The van der Waals surface area contributed by atoms with Gasteiger partial charge in [-0.05, 0) is 48.7 Å². The van der Waals surface area contributed by atoms with Crippen molar-refractivity contribution >= 4 is 17.6 Å². The molecule has 2 N–H and O–H groups in total. The van der Waals surface area contributed by atoms with Crippen molar-refractivity contribution in [3.05, 3.63) is 53.6 Å². The highest BCUT2D eigenvalue weighted by Gasteiger charge is 2.21. The van der Waals surface area contributed by atoms with Crippen LogP contribution in [0.2, 0.25) is 0 Å². The Balaban J connectivity index is 1.71. The lowest BCUT2D eigenvalue weighted by molar-refractivity contribution is -0.114. The fraction of sp³-hybridized carbons (Fsp3) is 0.364. The number of guanidine groups is 1. The smallest absolute Gasteiger partial charge is 0.246 e. The molecule has 0 radical (unpaired) electrons. The molecular formula is C22H28N4O3. The number of ether oxygens (including phenoxy) is 2. The Morgan fingerprint density at radius 2 is 1.79 bits per heavy atom. The van der Waals surface area contributed by atoms with Crippen molar-refractivity contribution in [2.45, 2.75) is 19.9 Å². The average molecular weight is 396 g/mol. The van der Waals surface area contributed by atoms with Gasteiger partial charge in [-0.3, -0.25) is 4.79 Å². The molecule has 0 atom stereocenters. The second-order valence-electron chi connectivity index (χ2n) is 6.73. The molecule has 1 heterocycles. The topological polar surface area (TPSA) is 75.2 Å². The summed E-state index contributed by atoms with van der Waals surface area (Å²) in [4.78, 5) is 19.0. The van der Waals surface area contributed by atoms with Gasteiger partial charge < -0.3 is 25.0 Å². The summed E-state index contributed by atoms with van der Waals surface area (Å²) in [6, 6.07) is 13.5. The molecule has 7 nitrogen and oxygen atoms in total. The third-order valence-corrected chi connectivity index (χ3v) is 4.78. The van der Waals surface area contributed by atoms with Crippen LogP contribution in [0.25, 0.3) is 0 Å². The lowest BCUT2D eigenvalue weighted by atomic mass is 9.99. The molecule has 0 fully saturated rings. The van der Waals surface area contributed by atoms with Crippen molar-refractivity contribution < 1.29 is 14.3 Å². The Morgan fingerprint density at radius 1 is 1.10 bits per heavy atom. The minimum Gasteiger partial charge on any atom is -0.493 e. The summed E-state index contributed by atoms with van der Waals surface area (Å²) < 4.78 is 10.8. The number of para-hydroxylation sites is 1. The number of aliphatic imine (C=N–C) groups is 1. The van der Waals surface area contributed by atoms with Crippen LogP contribution >= 0.6 is 0 Å². The number of nitrogens with zero attached hydrogens (tertiary/aromatic N) is 2. The van der Waals surface area contributed by atoms with Gasteiger partial charge in [0, 0.05) is 25.3 Å². The zero-order valence-electron chi connectivity index (χ0n) is 17.2. The molecule has 0 spiro atoms. The molecule has 0 saturated heterocycles. The normalized spacial score (nSPS) is 13.5. The zero-order chi connectivity index (χ0) is 20.6. The Kier molecular flexibility index (Phi) is 6.94. The number of rotatable bonds is 6. The number of hydrogen-bond acceptors (Lipinski definition) is 4. The SMILES string of the molecule is CCNC(=NCC(=O)Nc1ccccc1)N1CCc2cc(OC)c(OC)cc2C1. The summed E-state index contributed by atoms with van der Waals surface area (Å²) in [5.74, 6) is 2.06. The van der Waals surface area contributed by atoms with Crippen LogP contribution in [0.1, 0.15) is 18.1 Å². The number of carbonyl (C=O) groups excluding carboxylic acids is 1. The third kappa shape index (κ3) is 5.19. The summed E-state index contributed by atoms with van der Waals surface area (Å²) in [6.07, 6.45) is 0.871. The van der Waals surface area contributed by atoms with Crippen LogP contribution in [-0.4, -0.2) is 50.6 Å². The van der Waals surface area contributed by atoms with Crippen molar-refractivity contribution in [1.82, 2.24) is 10.2 Å². The molecule has 7 heteroatoms. The Labute approximate surface area is 171 Å². The van der Waals surface area contributed by atoms with Gasteiger partial charge in [0.05, 0.1) is 14.2 Å². The summed E-state index contributed by atoms with van der Waals surface area (Å²) in [5.41, 5.74) is 3.19. The molecule has 0 aliphatic carbocycles. The van der Waals surface area contributed by atoms with Crippen molar-refractivity contribution in [2.75, 3.05) is 39.2 Å². The molecule has 29 heavy (non-hydrogen) atoms. The average Bonchev–Trinajstić information content (AvgIpc) is 2.75. The Morgan fingerprint density at radius 3 is 2.45 bits per heavy atom. The van der Waals surface area contributed by atoms with Crippen molar-refractivity contribution in [2.24, 2.45) is 4.99 Å². The van der Waals surface area contributed by atoms with E-state index in [4.69, 9.17) is 9.47 Å². The first-order valence-corrected chi connectivity index (χ1v) is 9.76. The fourth-order valence-corrected chi connectivity index (χ4v) is 3.36. The number of hydrogen-bond donors (Lipinski definition) is 2. The zero-order valence-corrected chi connectivity index (χ0v) is 17.2. The van der Waals surface area contributed by atoms with E-state index in [-0.39, 0.29) is 12.5 Å². The molecule has 3 rings (SSSR count). The highest BCUT2D eigenvalue weighted by Crippen LogP contribution is 2.33. The van der Waals surface area contributed by atoms with Crippen LogP contribution in [0.4, 0.5) is 5.69 Å². The summed E-state index contributed by atoms with van der Waals surface area (Å²) in [6.45, 7) is 4.32. The molecule has 0 bridgehead atoms. The molecule has 0 aromatic heterocycles. The van der Waals surface area contributed by atoms with Crippen LogP contribution in [0, 0.1) is 0 Å². The Hall–Kier alpha value is -3.22. The highest BCUT2D eigenvalue weighted by molar-refractivity contribution is 5.94. The van der Waals surface area contributed by atoms with Gasteiger partial charge in [0.1, 0.15) is 6.54 Å². The van der Waals surface area contributed by atoms with Crippen molar-refractivity contribution in [3.63, 3.8) is 0 Å². The third-order valence-electron chi connectivity index (χ3n) is 4.78. The lowest BCUT2D eigenvalue weighted by Crippen LogP contribution is -2.44. The van der Waals surface area contributed by atoms with E-state index in [2.05, 4.69) is 20.5 Å². The van der Waals surface area contributed by atoms with Gasteiger partial charge in [-0.2, -0.15) is 0 Å². The fourth-order valence-electron chi connectivity index (χ4n) is 3.36. The van der Waals surface area contributed by atoms with Gasteiger partial charge in [-0.25, -0.2) is 4.99 Å². The molecular weight excluding hydrogens is 368 g/mol. The summed E-state index contributed by atoms with van der Waals surface area (Å²) in [7, 11) is 3.29. The van der Waals surface area contributed by atoms with E-state index >= 15 is 0 Å². The first-order chi connectivity index (χ1) is 14.1. The van der Waals surface area contributed by atoms with E-state index in [1.165, 1.54) is 11.1 Å². The second-order valence-corrected chi connectivity index (χ2v) is 6.73. The number of nitrogens with one attached hydrogen (secondary N) is 2. The maximum Gasteiger partial charge on any atom is 0.246 e. The largest absolute Gasteiger partial charge is 0.493 e. The van der Waals surface area contributed by atoms with Gasteiger partial charge in [-0.1, -0.05) is 18.2 Å². The number of amides is 1. The maximum atomic E-state index is 12.3. The van der Waals surface area contributed by atoms with Gasteiger partial charge in [0.2, 0.25) is 5.91 Å². The van der Waals surface area contributed by atoms with E-state index in [0.29, 0.717) is 6.54 Å². The molecule has 1 aliphatic heterocycles. The van der Waals surface area contributed by atoms with Gasteiger partial charge in [0.15, 0.2) is 17.5 Å². The number of carbonyl (C=O) groups is 1. The molecule has 2 aromatic carbocycles. The van der Waals surface area contributed by atoms with Crippen LogP contribution in [0.3, 0.4) is 0 Å². The highest BCUT2D eigenvalue weighted by atomic mass is 16.5. The van der Waals surface area contributed by atoms with Crippen LogP contribution in [0.5, 0.6) is 11.5 Å². The number of fused-ring (bicyclic) bond motifs is 1. The number of benzene rings is 2. The van der Waals surface area contributed by atoms with E-state index in [9.17, 15) is 4.79 Å². The minimum atomic E-state index is -0.143. The monoisotopic (exact) mass is 396 g/mol. The molecule has 1 aliphatic rings. The molecule has 154 valence electrons. The standard InChI is InChI=1S/C22H28N4O3/c1-4-23-22(24-14-21(27)25-18-8-6-5-7-9-18)26-11-10-16-12-19(28-2)20(29-3)13-17(16)15-26/h5-9,12-13H,4,10-11,14-15H2,1-3H3,(H,23,24)(H,25,27). The van der Waals surface area contributed by atoms with Gasteiger partial charge >= 0.3 is 0 Å².